The Morgan fingerprint density at radius 2 is 1.94 bits per heavy atom. The van der Waals surface area contributed by atoms with Gasteiger partial charge in [-0.3, -0.25) is 11.3 Å². The molecule has 1 aromatic rings. The maximum absolute atomic E-state index is 13.6. The number of benzene rings is 1. The molecule has 94 valence electrons. The fraction of sp³-hybridized carbons (Fsp3) is 0.571. The van der Waals surface area contributed by atoms with Crippen LogP contribution in [0.15, 0.2) is 24.3 Å². The number of halogens is 1. The van der Waals surface area contributed by atoms with Gasteiger partial charge in [-0.05, 0) is 36.8 Å². The first-order valence-corrected chi connectivity index (χ1v) is 6.51. The van der Waals surface area contributed by atoms with E-state index in [0.717, 1.165) is 5.56 Å². The first-order chi connectivity index (χ1) is 8.31. The second-order valence-corrected chi connectivity index (χ2v) is 4.97. The fourth-order valence-corrected chi connectivity index (χ4v) is 2.80. The summed E-state index contributed by atoms with van der Waals surface area (Å²) in [5, 5.41) is 0. The highest BCUT2D eigenvalue weighted by molar-refractivity contribution is 5.18. The average Bonchev–Trinajstić information content (AvgIpc) is 2.39. The van der Waals surface area contributed by atoms with E-state index in [0.29, 0.717) is 12.3 Å². The van der Waals surface area contributed by atoms with Crippen LogP contribution in [0.25, 0.3) is 0 Å². The summed E-state index contributed by atoms with van der Waals surface area (Å²) in [5.74, 6) is 6.10. The van der Waals surface area contributed by atoms with E-state index in [1.807, 2.05) is 12.1 Å². The molecule has 2 nitrogen and oxygen atoms in total. The maximum Gasteiger partial charge on any atom is 0.126 e. The van der Waals surface area contributed by atoms with Crippen molar-refractivity contribution in [3.05, 3.63) is 35.6 Å². The van der Waals surface area contributed by atoms with Crippen LogP contribution in [0.2, 0.25) is 0 Å². The molecule has 1 aliphatic carbocycles. The maximum atomic E-state index is 13.6. The molecule has 2 rings (SSSR count). The van der Waals surface area contributed by atoms with Crippen LogP contribution in [0.5, 0.6) is 0 Å². The van der Waals surface area contributed by atoms with Crippen LogP contribution in [0, 0.1) is 11.7 Å². The molecule has 0 saturated heterocycles. The van der Waals surface area contributed by atoms with Gasteiger partial charge in [-0.15, -0.1) is 0 Å². The van der Waals surface area contributed by atoms with Crippen LogP contribution in [0.1, 0.15) is 37.7 Å². The second kappa shape index (κ2) is 6.12. The van der Waals surface area contributed by atoms with Crippen molar-refractivity contribution >= 4 is 0 Å². The van der Waals surface area contributed by atoms with E-state index >= 15 is 0 Å². The van der Waals surface area contributed by atoms with Crippen LogP contribution in [0.3, 0.4) is 0 Å². The summed E-state index contributed by atoms with van der Waals surface area (Å²) < 4.78 is 13.6. The van der Waals surface area contributed by atoms with E-state index < -0.39 is 0 Å². The molecule has 0 aliphatic heterocycles. The zero-order chi connectivity index (χ0) is 12.1. The van der Waals surface area contributed by atoms with Crippen LogP contribution in [-0.2, 0) is 6.42 Å². The monoisotopic (exact) mass is 236 g/mol. The quantitative estimate of drug-likeness (QED) is 0.623. The molecule has 3 N–H and O–H groups in total. The van der Waals surface area contributed by atoms with Gasteiger partial charge in [-0.1, -0.05) is 37.5 Å². The first kappa shape index (κ1) is 12.5. The Kier molecular flexibility index (Phi) is 4.51. The van der Waals surface area contributed by atoms with Gasteiger partial charge in [-0.2, -0.15) is 0 Å². The van der Waals surface area contributed by atoms with Crippen LogP contribution < -0.4 is 11.3 Å². The lowest BCUT2D eigenvalue weighted by atomic mass is 9.82. The van der Waals surface area contributed by atoms with Gasteiger partial charge in [0.2, 0.25) is 0 Å². The molecule has 0 aromatic heterocycles. The number of rotatable bonds is 4. The van der Waals surface area contributed by atoms with Gasteiger partial charge in [0.25, 0.3) is 0 Å². The van der Waals surface area contributed by atoms with Crippen molar-refractivity contribution in [1.82, 2.24) is 5.43 Å². The minimum atomic E-state index is -0.122. The van der Waals surface area contributed by atoms with Crippen LogP contribution in [0.4, 0.5) is 4.39 Å². The van der Waals surface area contributed by atoms with Gasteiger partial charge in [-0.25, -0.2) is 4.39 Å². The predicted molar refractivity (Wildman–Crippen MR) is 67.8 cm³/mol. The predicted octanol–water partition coefficient (Wildman–Crippen LogP) is 2.78. The number of hydrazine groups is 1. The molecule has 1 fully saturated rings. The van der Waals surface area contributed by atoms with E-state index in [1.54, 1.807) is 6.07 Å². The largest absolute Gasteiger partial charge is 0.271 e. The third-order valence-electron chi connectivity index (χ3n) is 3.83. The molecule has 3 heteroatoms. The molecular weight excluding hydrogens is 215 g/mol. The van der Waals surface area contributed by atoms with E-state index in [2.05, 4.69) is 5.43 Å². The normalized spacial score (nSPS) is 19.2. The summed E-state index contributed by atoms with van der Waals surface area (Å²) in [6.07, 6.45) is 6.99. The Morgan fingerprint density at radius 3 is 2.59 bits per heavy atom. The summed E-state index contributed by atoms with van der Waals surface area (Å²) in [5.41, 5.74) is 3.65. The third kappa shape index (κ3) is 3.27. The van der Waals surface area contributed by atoms with Crippen molar-refractivity contribution in [1.29, 1.82) is 0 Å². The van der Waals surface area contributed by atoms with Crippen LogP contribution in [-0.4, -0.2) is 6.04 Å². The van der Waals surface area contributed by atoms with E-state index in [4.69, 9.17) is 5.84 Å². The number of hydrogen-bond donors (Lipinski definition) is 2. The molecule has 1 aromatic carbocycles. The molecule has 1 atom stereocenters. The van der Waals surface area contributed by atoms with Gasteiger partial charge >= 0.3 is 0 Å². The minimum absolute atomic E-state index is 0.122. The van der Waals surface area contributed by atoms with Gasteiger partial charge in [0.15, 0.2) is 0 Å². The molecule has 0 heterocycles. The Bertz CT molecular complexity index is 348. The topological polar surface area (TPSA) is 38.0 Å². The van der Waals surface area contributed by atoms with E-state index in [1.165, 1.54) is 38.2 Å². The Morgan fingerprint density at radius 1 is 1.24 bits per heavy atom. The second-order valence-electron chi connectivity index (χ2n) is 4.97. The number of nitrogens with one attached hydrogen (secondary N) is 1. The van der Waals surface area contributed by atoms with E-state index in [9.17, 15) is 4.39 Å². The van der Waals surface area contributed by atoms with Crippen molar-refractivity contribution in [2.45, 2.75) is 44.6 Å². The highest BCUT2D eigenvalue weighted by atomic mass is 19.1. The Labute approximate surface area is 102 Å². The lowest BCUT2D eigenvalue weighted by molar-refractivity contribution is 0.267. The Balaban J connectivity index is 2.01. The van der Waals surface area contributed by atoms with Gasteiger partial charge in [0.05, 0.1) is 0 Å². The van der Waals surface area contributed by atoms with Crippen molar-refractivity contribution in [2.75, 3.05) is 0 Å². The molecule has 1 aliphatic rings. The van der Waals surface area contributed by atoms with Crippen molar-refractivity contribution in [2.24, 2.45) is 11.8 Å². The summed E-state index contributed by atoms with van der Waals surface area (Å²) in [6.45, 7) is 0. The first-order valence-electron chi connectivity index (χ1n) is 6.51. The average molecular weight is 236 g/mol. The third-order valence-corrected chi connectivity index (χ3v) is 3.83. The molecule has 0 radical (unpaired) electrons. The standard InChI is InChI=1S/C14H21FN2/c15-13-9-5-4-8-12(13)10-14(17-16)11-6-2-1-3-7-11/h4-5,8-9,11,14,17H,1-3,6-7,10,16H2. The molecule has 17 heavy (non-hydrogen) atoms. The lowest BCUT2D eigenvalue weighted by Crippen LogP contribution is -2.43. The molecule has 1 saturated carbocycles. The smallest absolute Gasteiger partial charge is 0.126 e. The van der Waals surface area contributed by atoms with Crippen LogP contribution >= 0.6 is 0 Å². The lowest BCUT2D eigenvalue weighted by Gasteiger charge is -2.29. The van der Waals surface area contributed by atoms with Crippen molar-refractivity contribution in [3.63, 3.8) is 0 Å². The summed E-state index contributed by atoms with van der Waals surface area (Å²) in [4.78, 5) is 0. The number of nitrogens with two attached hydrogens (primary N) is 1. The summed E-state index contributed by atoms with van der Waals surface area (Å²) in [6, 6.07) is 7.18. The fourth-order valence-electron chi connectivity index (χ4n) is 2.80. The van der Waals surface area contributed by atoms with E-state index in [-0.39, 0.29) is 11.9 Å². The molecular formula is C14H21FN2. The molecule has 0 bridgehead atoms. The highest BCUT2D eigenvalue weighted by Gasteiger charge is 2.23. The summed E-state index contributed by atoms with van der Waals surface area (Å²) >= 11 is 0. The zero-order valence-electron chi connectivity index (χ0n) is 10.2. The zero-order valence-corrected chi connectivity index (χ0v) is 10.2. The highest BCUT2D eigenvalue weighted by Crippen LogP contribution is 2.28. The van der Waals surface area contributed by atoms with Crippen molar-refractivity contribution < 1.29 is 4.39 Å². The van der Waals surface area contributed by atoms with Gasteiger partial charge in [0, 0.05) is 6.04 Å². The van der Waals surface area contributed by atoms with Gasteiger partial charge in [0.1, 0.15) is 5.82 Å². The number of hydrogen-bond acceptors (Lipinski definition) is 2. The molecule has 1 unspecified atom stereocenters. The van der Waals surface area contributed by atoms with Gasteiger partial charge < -0.3 is 0 Å². The summed E-state index contributed by atoms with van der Waals surface area (Å²) in [7, 11) is 0. The minimum Gasteiger partial charge on any atom is -0.271 e. The molecule has 0 spiro atoms. The Hall–Kier alpha value is -0.930. The molecule has 0 amide bonds. The van der Waals surface area contributed by atoms with Crippen molar-refractivity contribution in [3.8, 4) is 0 Å². The SMILES string of the molecule is NNC(Cc1ccccc1F)C1CCCCC1.